The van der Waals surface area contributed by atoms with Gasteiger partial charge in [0.05, 0.1) is 26.4 Å². The van der Waals surface area contributed by atoms with Crippen LogP contribution in [0.5, 0.6) is 0 Å². The second-order valence-electron chi connectivity index (χ2n) is 28.1. The predicted molar refractivity (Wildman–Crippen MR) is 377 cm³/mol. The van der Waals surface area contributed by atoms with Gasteiger partial charge in [0, 0.05) is 25.7 Å². The van der Waals surface area contributed by atoms with Crippen LogP contribution in [0.1, 0.15) is 370 Å². The Labute approximate surface area is 568 Å². The third-order valence-corrected chi connectivity index (χ3v) is 19.7. The van der Waals surface area contributed by atoms with Gasteiger partial charge in [0.1, 0.15) is 19.3 Å². The maximum absolute atomic E-state index is 13.0. The summed E-state index contributed by atoms with van der Waals surface area (Å²) in [5.74, 6) is 0.895. The lowest BCUT2D eigenvalue weighted by Crippen LogP contribution is -2.30. The minimum absolute atomic E-state index is 0.102. The molecule has 0 amide bonds. The van der Waals surface area contributed by atoms with Crippen LogP contribution in [0.2, 0.25) is 0 Å². The highest BCUT2D eigenvalue weighted by Crippen LogP contribution is 2.45. The number of carbonyl (C=O) groups is 4. The molecule has 19 heteroatoms. The van der Waals surface area contributed by atoms with Crippen LogP contribution in [-0.4, -0.2) is 96.7 Å². The molecule has 0 bridgehead atoms. The number of carbonyl (C=O) groups excluding carboxylic acids is 4. The molecule has 0 saturated heterocycles. The molecule has 0 spiro atoms. The van der Waals surface area contributed by atoms with E-state index < -0.39 is 97.5 Å². The first-order valence-corrected chi connectivity index (χ1v) is 41.3. The molecule has 0 fully saturated rings. The van der Waals surface area contributed by atoms with Crippen LogP contribution in [0.15, 0.2) is 0 Å². The molecular formula is C74H144O17P2. The second kappa shape index (κ2) is 63.5. The van der Waals surface area contributed by atoms with Crippen molar-refractivity contribution in [3.63, 3.8) is 0 Å². The number of aliphatic hydroxyl groups is 1. The van der Waals surface area contributed by atoms with E-state index in [0.29, 0.717) is 31.6 Å². The van der Waals surface area contributed by atoms with E-state index in [-0.39, 0.29) is 25.7 Å². The van der Waals surface area contributed by atoms with Gasteiger partial charge in [-0.25, -0.2) is 9.13 Å². The van der Waals surface area contributed by atoms with Crippen LogP contribution < -0.4 is 0 Å². The fourth-order valence-corrected chi connectivity index (χ4v) is 12.7. The average Bonchev–Trinajstić information content (AvgIpc) is 1.80. The van der Waals surface area contributed by atoms with E-state index in [9.17, 15) is 43.2 Å². The van der Waals surface area contributed by atoms with Crippen molar-refractivity contribution in [3.05, 3.63) is 0 Å². The van der Waals surface area contributed by atoms with Crippen molar-refractivity contribution in [2.45, 2.75) is 388 Å². The molecule has 17 nitrogen and oxygen atoms in total. The Morgan fingerprint density at radius 3 is 0.763 bits per heavy atom. The maximum Gasteiger partial charge on any atom is 0.472 e. The molecule has 0 heterocycles. The van der Waals surface area contributed by atoms with Crippen LogP contribution in [0.4, 0.5) is 0 Å². The van der Waals surface area contributed by atoms with Crippen molar-refractivity contribution >= 4 is 39.5 Å². The Hall–Kier alpha value is -1.94. The summed E-state index contributed by atoms with van der Waals surface area (Å²) in [5.41, 5.74) is 0. The van der Waals surface area contributed by atoms with Crippen molar-refractivity contribution in [2.75, 3.05) is 39.6 Å². The van der Waals surface area contributed by atoms with E-state index in [1.807, 2.05) is 0 Å². The Kier molecular flexibility index (Phi) is 62.2. The summed E-state index contributed by atoms with van der Waals surface area (Å²) in [7, 11) is -9.91. The summed E-state index contributed by atoms with van der Waals surface area (Å²) in [4.78, 5) is 72.6. The van der Waals surface area contributed by atoms with Crippen molar-refractivity contribution in [3.8, 4) is 0 Å². The van der Waals surface area contributed by atoms with Gasteiger partial charge in [-0.3, -0.25) is 37.3 Å². The molecule has 0 aliphatic rings. The van der Waals surface area contributed by atoms with Gasteiger partial charge >= 0.3 is 39.5 Å². The van der Waals surface area contributed by atoms with Crippen molar-refractivity contribution in [2.24, 2.45) is 23.7 Å². The van der Waals surface area contributed by atoms with E-state index in [0.717, 1.165) is 114 Å². The summed E-state index contributed by atoms with van der Waals surface area (Å²) < 4.78 is 68.3. The van der Waals surface area contributed by atoms with Gasteiger partial charge < -0.3 is 33.8 Å². The zero-order valence-electron chi connectivity index (χ0n) is 60.9. The maximum atomic E-state index is 13.0. The summed E-state index contributed by atoms with van der Waals surface area (Å²) >= 11 is 0. The van der Waals surface area contributed by atoms with Crippen LogP contribution in [-0.2, 0) is 65.4 Å². The Morgan fingerprint density at radius 2 is 0.516 bits per heavy atom. The summed E-state index contributed by atoms with van der Waals surface area (Å²) in [5, 5.41) is 10.6. The minimum atomic E-state index is -4.96. The summed E-state index contributed by atoms with van der Waals surface area (Å²) in [6.07, 6.45) is 47.5. The number of phosphoric acid groups is 2. The van der Waals surface area contributed by atoms with Gasteiger partial charge in [0.25, 0.3) is 0 Å². The molecule has 0 rings (SSSR count). The van der Waals surface area contributed by atoms with Crippen LogP contribution >= 0.6 is 15.6 Å². The lowest BCUT2D eigenvalue weighted by atomic mass is 9.99. The molecule has 552 valence electrons. The highest BCUT2D eigenvalue weighted by molar-refractivity contribution is 7.47. The van der Waals surface area contributed by atoms with E-state index >= 15 is 0 Å². The number of ether oxygens (including phenoxy) is 4. The Morgan fingerprint density at radius 1 is 0.301 bits per heavy atom. The molecule has 0 aliphatic heterocycles. The van der Waals surface area contributed by atoms with E-state index in [1.165, 1.54) is 167 Å². The number of unbranched alkanes of at least 4 members (excludes halogenated alkanes) is 35. The number of hydrogen-bond donors (Lipinski definition) is 3. The monoisotopic (exact) mass is 1370 g/mol. The van der Waals surface area contributed by atoms with Gasteiger partial charge in [-0.2, -0.15) is 0 Å². The van der Waals surface area contributed by atoms with Crippen LogP contribution in [0.3, 0.4) is 0 Å². The average molecular weight is 1370 g/mol. The van der Waals surface area contributed by atoms with E-state index in [1.54, 1.807) is 0 Å². The lowest BCUT2D eigenvalue weighted by molar-refractivity contribution is -0.161. The number of phosphoric ester groups is 2. The Balaban J connectivity index is 5.16. The fraction of sp³-hybridized carbons (Fsp3) is 0.946. The molecular weight excluding hydrogens is 1220 g/mol. The quantitative estimate of drug-likeness (QED) is 0.0222. The van der Waals surface area contributed by atoms with Crippen molar-refractivity contribution in [1.82, 2.24) is 0 Å². The summed E-state index contributed by atoms with van der Waals surface area (Å²) in [6.45, 7) is 14.1. The van der Waals surface area contributed by atoms with Crippen molar-refractivity contribution < 1.29 is 80.2 Å². The zero-order valence-corrected chi connectivity index (χ0v) is 62.7. The highest BCUT2D eigenvalue weighted by Gasteiger charge is 2.30. The zero-order chi connectivity index (χ0) is 68.9. The van der Waals surface area contributed by atoms with Crippen LogP contribution in [0, 0.1) is 23.7 Å². The lowest BCUT2D eigenvalue weighted by Gasteiger charge is -2.21. The third kappa shape index (κ3) is 65.8. The molecule has 3 N–H and O–H groups in total. The molecule has 4 unspecified atom stereocenters. The molecule has 0 aromatic heterocycles. The van der Waals surface area contributed by atoms with Crippen molar-refractivity contribution in [1.29, 1.82) is 0 Å². The third-order valence-electron chi connectivity index (χ3n) is 17.8. The summed E-state index contributed by atoms with van der Waals surface area (Å²) in [6, 6.07) is 0. The number of esters is 4. The van der Waals surface area contributed by atoms with E-state index in [2.05, 4.69) is 55.4 Å². The predicted octanol–water partition coefficient (Wildman–Crippen LogP) is 21.3. The first-order valence-electron chi connectivity index (χ1n) is 38.3. The van der Waals surface area contributed by atoms with Gasteiger partial charge in [0.2, 0.25) is 0 Å². The molecule has 0 aromatic rings. The second-order valence-corrected chi connectivity index (χ2v) is 31.0. The number of hydrogen-bond acceptors (Lipinski definition) is 15. The van der Waals surface area contributed by atoms with Gasteiger partial charge in [-0.05, 0) is 49.4 Å². The first-order chi connectivity index (χ1) is 44.7. The fourth-order valence-electron chi connectivity index (χ4n) is 11.1. The van der Waals surface area contributed by atoms with Gasteiger partial charge in [0.15, 0.2) is 12.2 Å². The smallest absolute Gasteiger partial charge is 0.462 e. The first kappa shape index (κ1) is 91.1. The minimum Gasteiger partial charge on any atom is -0.462 e. The molecule has 0 saturated carbocycles. The van der Waals surface area contributed by atoms with E-state index in [4.69, 9.17) is 37.0 Å². The SMILES string of the molecule is CCC(C)CCCCCCCCCCCCCCCCCCCCC(=O)O[C@H](COC(=O)CCCCCCCCCCC(C)C)COP(=O)(O)OC[C@@H](O)COP(=O)(O)OC[C@@H](COC(=O)CCCCCCCCC(C)CC)OC(=O)CCCCCCCCCC(C)C. The standard InChI is InChI=1S/C74H144O17P2/c1-9-66(7)52-44-36-28-21-19-17-15-13-11-12-14-16-18-20-22-30-40-48-56-73(78)90-69(60-84-71(76)54-46-38-29-24-23-26-34-42-50-64(3)4)62-88-92(80,81)86-58-68(75)59-87-93(82,83)89-63-70(91-74(79)57-49-41-31-25-27-35-43-51-65(5)6)61-85-72(77)55-47-39-33-32-37-45-53-67(8)10-2/h64-70,75H,9-63H2,1-8H3,(H,80,81)(H,82,83)/t66?,67?,68-,69-,70-/m1/s1. The largest absolute Gasteiger partial charge is 0.472 e. The molecule has 0 aliphatic carbocycles. The highest BCUT2D eigenvalue weighted by atomic mass is 31.2. The van der Waals surface area contributed by atoms with Crippen LogP contribution in [0.25, 0.3) is 0 Å². The van der Waals surface area contributed by atoms with Gasteiger partial charge in [-0.1, -0.05) is 319 Å². The molecule has 0 radical (unpaired) electrons. The topological polar surface area (TPSA) is 237 Å². The van der Waals surface area contributed by atoms with Gasteiger partial charge in [-0.15, -0.1) is 0 Å². The Bertz CT molecular complexity index is 1840. The number of rotatable bonds is 71. The normalized spacial score (nSPS) is 14.8. The molecule has 7 atom stereocenters. The molecule has 0 aromatic carbocycles. The number of aliphatic hydroxyl groups excluding tert-OH is 1. The molecule has 93 heavy (non-hydrogen) atoms.